The first-order chi connectivity index (χ1) is 10.4. The van der Waals surface area contributed by atoms with E-state index in [-0.39, 0.29) is 23.1 Å². The van der Waals surface area contributed by atoms with E-state index in [4.69, 9.17) is 4.74 Å². The van der Waals surface area contributed by atoms with Crippen LogP contribution in [0, 0.1) is 5.82 Å². The first-order valence-corrected chi connectivity index (χ1v) is 6.97. The van der Waals surface area contributed by atoms with Crippen molar-refractivity contribution in [3.63, 3.8) is 0 Å². The molecule has 0 bridgehead atoms. The van der Waals surface area contributed by atoms with E-state index < -0.39 is 11.8 Å². The fraction of sp³-hybridized carbons (Fsp3) is 0.294. The van der Waals surface area contributed by atoms with Gasteiger partial charge >= 0.3 is 5.97 Å². The molecule has 1 amide bonds. The summed E-state index contributed by atoms with van der Waals surface area (Å²) < 4.78 is 18.1. The molecule has 0 N–H and O–H groups in total. The van der Waals surface area contributed by atoms with Crippen LogP contribution in [0.4, 0.5) is 4.39 Å². The van der Waals surface area contributed by atoms with Gasteiger partial charge in [-0.25, -0.2) is 9.18 Å². The Morgan fingerprint density at radius 3 is 2.59 bits per heavy atom. The predicted molar refractivity (Wildman–Crippen MR) is 81.1 cm³/mol. The quantitative estimate of drug-likeness (QED) is 0.637. The van der Waals surface area contributed by atoms with E-state index >= 15 is 0 Å². The van der Waals surface area contributed by atoms with Crippen LogP contribution in [0.5, 0.6) is 0 Å². The van der Waals surface area contributed by atoms with E-state index in [2.05, 4.69) is 0 Å². The van der Waals surface area contributed by atoms with Gasteiger partial charge in [-0.15, -0.1) is 0 Å². The summed E-state index contributed by atoms with van der Waals surface area (Å²) in [6.07, 6.45) is 1.52. The lowest BCUT2D eigenvalue weighted by Gasteiger charge is -2.22. The van der Waals surface area contributed by atoms with E-state index in [9.17, 15) is 14.0 Å². The molecule has 1 aliphatic heterocycles. The van der Waals surface area contributed by atoms with Gasteiger partial charge in [0.1, 0.15) is 5.82 Å². The third-order valence-electron chi connectivity index (χ3n) is 3.51. The lowest BCUT2D eigenvalue weighted by Crippen LogP contribution is -2.31. The molecule has 1 aromatic rings. The molecule has 22 heavy (non-hydrogen) atoms. The van der Waals surface area contributed by atoms with E-state index in [0.717, 1.165) is 0 Å². The van der Waals surface area contributed by atoms with Gasteiger partial charge in [-0.3, -0.25) is 4.79 Å². The topological polar surface area (TPSA) is 46.6 Å². The average Bonchev–Trinajstić information content (AvgIpc) is 2.69. The van der Waals surface area contributed by atoms with Gasteiger partial charge in [-0.2, -0.15) is 0 Å². The standard InChI is InChI=1S/C17H18FNO3/c1-10(2)19-11(3)15(17(21)22-4)14(16(19)20)9-12-6-5-7-13(18)8-12/h5-10H,1-4H3/b14-9-. The van der Waals surface area contributed by atoms with Crippen molar-refractivity contribution in [1.82, 2.24) is 4.90 Å². The molecule has 4 nitrogen and oxygen atoms in total. The number of halogens is 1. The molecule has 2 rings (SSSR count). The molecule has 0 spiro atoms. The Balaban J connectivity index is 2.57. The summed E-state index contributed by atoms with van der Waals surface area (Å²) in [5, 5.41) is 0. The van der Waals surface area contributed by atoms with Gasteiger partial charge in [0.2, 0.25) is 0 Å². The van der Waals surface area contributed by atoms with E-state index in [1.165, 1.54) is 30.2 Å². The van der Waals surface area contributed by atoms with Gasteiger partial charge in [-0.1, -0.05) is 12.1 Å². The molecule has 0 aliphatic carbocycles. The van der Waals surface area contributed by atoms with Crippen LogP contribution in [-0.2, 0) is 14.3 Å². The summed E-state index contributed by atoms with van der Waals surface area (Å²) >= 11 is 0. The van der Waals surface area contributed by atoms with Crippen LogP contribution >= 0.6 is 0 Å². The molecule has 0 atom stereocenters. The highest BCUT2D eigenvalue weighted by Gasteiger charge is 2.38. The fourth-order valence-electron chi connectivity index (χ4n) is 2.58. The molecule has 5 heteroatoms. The average molecular weight is 303 g/mol. The number of hydrogen-bond donors (Lipinski definition) is 0. The highest BCUT2D eigenvalue weighted by Crippen LogP contribution is 2.32. The van der Waals surface area contributed by atoms with Crippen molar-refractivity contribution in [3.8, 4) is 0 Å². The van der Waals surface area contributed by atoms with Gasteiger partial charge in [0, 0.05) is 11.7 Å². The van der Waals surface area contributed by atoms with Crippen molar-refractivity contribution < 1.29 is 18.7 Å². The maximum absolute atomic E-state index is 13.3. The number of allylic oxidation sites excluding steroid dienone is 1. The van der Waals surface area contributed by atoms with Crippen molar-refractivity contribution in [2.24, 2.45) is 0 Å². The van der Waals surface area contributed by atoms with Crippen molar-refractivity contribution >= 4 is 18.0 Å². The normalized spacial score (nSPS) is 16.9. The summed E-state index contributed by atoms with van der Waals surface area (Å²) in [6, 6.07) is 5.76. The van der Waals surface area contributed by atoms with Gasteiger partial charge in [0.25, 0.3) is 5.91 Å². The summed E-state index contributed by atoms with van der Waals surface area (Å²) in [6.45, 7) is 5.43. The third kappa shape index (κ3) is 2.79. The van der Waals surface area contributed by atoms with Crippen molar-refractivity contribution in [2.45, 2.75) is 26.8 Å². The van der Waals surface area contributed by atoms with Crippen LogP contribution < -0.4 is 0 Å². The van der Waals surface area contributed by atoms with Crippen LogP contribution in [0.3, 0.4) is 0 Å². The summed E-state index contributed by atoms with van der Waals surface area (Å²) in [5.74, 6) is -1.25. The van der Waals surface area contributed by atoms with Crippen molar-refractivity contribution in [1.29, 1.82) is 0 Å². The maximum atomic E-state index is 13.3. The Bertz CT molecular complexity index is 689. The number of hydrogen-bond acceptors (Lipinski definition) is 3. The first-order valence-electron chi connectivity index (χ1n) is 6.97. The minimum Gasteiger partial charge on any atom is -0.465 e. The monoisotopic (exact) mass is 303 g/mol. The lowest BCUT2D eigenvalue weighted by atomic mass is 10.0. The number of benzene rings is 1. The zero-order valence-electron chi connectivity index (χ0n) is 13.0. The number of esters is 1. The molecule has 1 aromatic carbocycles. The molecule has 0 saturated carbocycles. The number of methoxy groups -OCH3 is 1. The van der Waals surface area contributed by atoms with Crippen molar-refractivity contribution in [2.75, 3.05) is 7.11 Å². The zero-order valence-corrected chi connectivity index (χ0v) is 13.0. The van der Waals surface area contributed by atoms with Crippen LogP contribution in [0.25, 0.3) is 6.08 Å². The molecule has 0 saturated heterocycles. The molecule has 1 aliphatic rings. The van der Waals surface area contributed by atoms with Gasteiger partial charge in [-0.05, 0) is 44.5 Å². The zero-order chi connectivity index (χ0) is 16.4. The molecule has 116 valence electrons. The maximum Gasteiger partial charge on any atom is 0.340 e. The number of carbonyl (C=O) groups excluding carboxylic acids is 2. The Labute approximate surface area is 128 Å². The molecular weight excluding hydrogens is 285 g/mol. The number of amides is 1. The number of ether oxygens (including phenoxy) is 1. The van der Waals surface area contributed by atoms with Crippen LogP contribution in [-0.4, -0.2) is 29.9 Å². The van der Waals surface area contributed by atoms with Gasteiger partial charge < -0.3 is 9.64 Å². The first kappa shape index (κ1) is 15.9. The van der Waals surface area contributed by atoms with Crippen LogP contribution in [0.15, 0.2) is 41.1 Å². The number of rotatable bonds is 3. The largest absolute Gasteiger partial charge is 0.465 e. The highest BCUT2D eigenvalue weighted by molar-refractivity contribution is 6.16. The number of carbonyl (C=O) groups is 2. The number of nitrogens with zero attached hydrogens (tertiary/aromatic N) is 1. The van der Waals surface area contributed by atoms with Crippen LogP contribution in [0.1, 0.15) is 26.3 Å². The van der Waals surface area contributed by atoms with Gasteiger partial charge in [0.05, 0.1) is 18.3 Å². The minimum absolute atomic E-state index is 0.0921. The Morgan fingerprint density at radius 1 is 1.36 bits per heavy atom. The van der Waals surface area contributed by atoms with E-state index in [1.807, 2.05) is 13.8 Å². The molecule has 0 radical (unpaired) electrons. The molecule has 0 fully saturated rings. The lowest BCUT2D eigenvalue weighted by molar-refractivity contribution is -0.136. The summed E-state index contributed by atoms with van der Waals surface area (Å²) in [5.41, 5.74) is 1.52. The fourth-order valence-corrected chi connectivity index (χ4v) is 2.58. The molecule has 1 heterocycles. The second-order valence-electron chi connectivity index (χ2n) is 5.33. The van der Waals surface area contributed by atoms with E-state index in [1.54, 1.807) is 19.1 Å². The highest BCUT2D eigenvalue weighted by atomic mass is 19.1. The van der Waals surface area contributed by atoms with Gasteiger partial charge in [0.15, 0.2) is 0 Å². The SMILES string of the molecule is COC(=O)C1=C(C)N(C(C)C)C(=O)/C1=C\c1cccc(F)c1. The summed E-state index contributed by atoms with van der Waals surface area (Å²) in [7, 11) is 1.27. The van der Waals surface area contributed by atoms with Crippen molar-refractivity contribution in [3.05, 3.63) is 52.5 Å². The Morgan fingerprint density at radius 2 is 2.05 bits per heavy atom. The summed E-state index contributed by atoms with van der Waals surface area (Å²) in [4.78, 5) is 26.2. The molecular formula is C17H18FNO3. The smallest absolute Gasteiger partial charge is 0.340 e. The predicted octanol–water partition coefficient (Wildman–Crippen LogP) is 2.91. The Hall–Kier alpha value is -2.43. The second-order valence-corrected chi connectivity index (χ2v) is 5.33. The van der Waals surface area contributed by atoms with E-state index in [0.29, 0.717) is 11.3 Å². The third-order valence-corrected chi connectivity index (χ3v) is 3.51. The van der Waals surface area contributed by atoms with Crippen LogP contribution in [0.2, 0.25) is 0 Å². The molecule has 0 unspecified atom stereocenters. The minimum atomic E-state index is -0.573. The molecule has 0 aromatic heterocycles. The second kappa shape index (κ2) is 6.13. The Kier molecular flexibility index (Phi) is 4.45.